The summed E-state index contributed by atoms with van der Waals surface area (Å²) in [6.45, 7) is 7.80. The minimum absolute atomic E-state index is 0.353. The van der Waals surface area contributed by atoms with Gasteiger partial charge in [0.1, 0.15) is 5.54 Å². The number of nitrogens with one attached hydrogen (secondary N) is 1. The summed E-state index contributed by atoms with van der Waals surface area (Å²) in [4.78, 5) is 11.7. The van der Waals surface area contributed by atoms with Crippen molar-refractivity contribution < 1.29 is 9.90 Å². The highest BCUT2D eigenvalue weighted by Crippen LogP contribution is 2.33. The van der Waals surface area contributed by atoms with Crippen LogP contribution in [0.3, 0.4) is 0 Å². The van der Waals surface area contributed by atoms with Crippen LogP contribution in [0.2, 0.25) is 0 Å². The molecular weight excluding hydrogens is 226 g/mol. The number of carboxylic acids is 1. The van der Waals surface area contributed by atoms with E-state index in [0.717, 1.165) is 29.5 Å². The van der Waals surface area contributed by atoms with E-state index >= 15 is 0 Å². The normalized spacial score (nSPS) is 18.4. The fourth-order valence-electron chi connectivity index (χ4n) is 2.85. The van der Waals surface area contributed by atoms with E-state index in [-0.39, 0.29) is 0 Å². The molecule has 1 fully saturated rings. The van der Waals surface area contributed by atoms with Gasteiger partial charge in [-0.2, -0.15) is 0 Å². The van der Waals surface area contributed by atoms with Crippen molar-refractivity contribution in [2.75, 3.05) is 0 Å². The van der Waals surface area contributed by atoms with Crippen LogP contribution in [0, 0.1) is 20.8 Å². The maximum atomic E-state index is 11.7. The van der Waals surface area contributed by atoms with Gasteiger partial charge in [0.15, 0.2) is 0 Å². The monoisotopic (exact) mass is 247 g/mol. The average Bonchev–Trinajstić information content (AvgIpc) is 2.99. The number of carbonyl (C=O) groups is 1. The summed E-state index contributed by atoms with van der Waals surface area (Å²) >= 11 is 0. The second-order valence-electron chi connectivity index (χ2n) is 5.62. The van der Waals surface area contributed by atoms with Gasteiger partial charge in [-0.3, -0.25) is 5.32 Å². The van der Waals surface area contributed by atoms with E-state index in [1.165, 1.54) is 5.56 Å². The molecule has 1 aromatic rings. The number of hydrogen-bond acceptors (Lipinski definition) is 2. The first-order valence-electron chi connectivity index (χ1n) is 6.44. The minimum Gasteiger partial charge on any atom is -0.480 e. The second kappa shape index (κ2) is 4.39. The smallest absolute Gasteiger partial charge is 0.328 e. The van der Waals surface area contributed by atoms with Gasteiger partial charge in [0.2, 0.25) is 0 Å². The molecule has 1 unspecified atom stereocenters. The number of hydrogen-bond donors (Lipinski definition) is 2. The summed E-state index contributed by atoms with van der Waals surface area (Å²) in [5.74, 6) is -0.801. The average molecular weight is 247 g/mol. The molecule has 1 aliphatic carbocycles. The van der Waals surface area contributed by atoms with Crippen LogP contribution in [0.15, 0.2) is 12.1 Å². The van der Waals surface area contributed by atoms with E-state index in [0.29, 0.717) is 6.04 Å². The topological polar surface area (TPSA) is 49.3 Å². The SMILES string of the molecule is Cc1cc(C)c(C(C)(NC2CC2)C(=O)O)c(C)c1. The van der Waals surface area contributed by atoms with E-state index in [1.807, 2.05) is 20.8 Å². The zero-order valence-corrected chi connectivity index (χ0v) is 11.5. The molecule has 1 aliphatic rings. The molecule has 18 heavy (non-hydrogen) atoms. The molecule has 0 aromatic heterocycles. The molecule has 2 N–H and O–H groups in total. The summed E-state index contributed by atoms with van der Waals surface area (Å²) in [6, 6.07) is 4.46. The predicted octanol–water partition coefficient (Wildman–Crippen LogP) is 2.66. The maximum Gasteiger partial charge on any atom is 0.328 e. The van der Waals surface area contributed by atoms with Gasteiger partial charge >= 0.3 is 5.97 Å². The van der Waals surface area contributed by atoms with Crippen LogP contribution in [0.4, 0.5) is 0 Å². The Bertz CT molecular complexity index is 468. The summed E-state index contributed by atoms with van der Waals surface area (Å²) in [6.07, 6.45) is 2.15. The van der Waals surface area contributed by atoms with Gasteiger partial charge in [0.25, 0.3) is 0 Å². The lowest BCUT2D eigenvalue weighted by Gasteiger charge is -2.30. The Morgan fingerprint density at radius 2 is 1.78 bits per heavy atom. The molecule has 0 radical (unpaired) electrons. The van der Waals surface area contributed by atoms with E-state index in [2.05, 4.69) is 17.4 Å². The Balaban J connectivity index is 2.51. The molecule has 1 saturated carbocycles. The molecule has 1 atom stereocenters. The lowest BCUT2D eigenvalue weighted by atomic mass is 9.84. The van der Waals surface area contributed by atoms with Crippen molar-refractivity contribution in [3.8, 4) is 0 Å². The van der Waals surface area contributed by atoms with Gasteiger partial charge in [-0.1, -0.05) is 17.7 Å². The van der Waals surface area contributed by atoms with Gasteiger partial charge in [0.05, 0.1) is 0 Å². The molecule has 3 heteroatoms. The summed E-state index contributed by atoms with van der Waals surface area (Å²) in [5, 5.41) is 12.9. The number of aliphatic carboxylic acids is 1. The highest BCUT2D eigenvalue weighted by atomic mass is 16.4. The van der Waals surface area contributed by atoms with Crippen molar-refractivity contribution in [3.05, 3.63) is 34.4 Å². The van der Waals surface area contributed by atoms with Gasteiger partial charge in [-0.25, -0.2) is 4.79 Å². The van der Waals surface area contributed by atoms with Crippen LogP contribution in [0.25, 0.3) is 0 Å². The Morgan fingerprint density at radius 1 is 1.28 bits per heavy atom. The lowest BCUT2D eigenvalue weighted by molar-refractivity contribution is -0.144. The third-order valence-electron chi connectivity index (χ3n) is 3.67. The van der Waals surface area contributed by atoms with Crippen LogP contribution in [-0.4, -0.2) is 17.1 Å². The van der Waals surface area contributed by atoms with E-state index in [9.17, 15) is 9.90 Å². The minimum atomic E-state index is -0.983. The quantitative estimate of drug-likeness (QED) is 0.860. The molecule has 0 heterocycles. The van der Waals surface area contributed by atoms with Crippen LogP contribution in [0.5, 0.6) is 0 Å². The number of carboxylic acid groups (broad SMARTS) is 1. The molecule has 98 valence electrons. The Morgan fingerprint density at radius 3 is 2.17 bits per heavy atom. The molecule has 0 aliphatic heterocycles. The summed E-state index contributed by atoms with van der Waals surface area (Å²) < 4.78 is 0. The molecule has 3 nitrogen and oxygen atoms in total. The van der Waals surface area contributed by atoms with Crippen molar-refractivity contribution in [2.45, 2.75) is 52.1 Å². The third-order valence-corrected chi connectivity index (χ3v) is 3.67. The maximum absolute atomic E-state index is 11.7. The van der Waals surface area contributed by atoms with Gasteiger partial charge in [0, 0.05) is 6.04 Å². The first-order chi connectivity index (χ1) is 8.34. The van der Waals surface area contributed by atoms with Crippen molar-refractivity contribution in [1.29, 1.82) is 0 Å². The molecular formula is C15H21NO2. The summed E-state index contributed by atoms with van der Waals surface area (Å²) in [7, 11) is 0. The zero-order valence-electron chi connectivity index (χ0n) is 11.5. The Kier molecular flexibility index (Phi) is 3.20. The highest BCUT2D eigenvalue weighted by molar-refractivity contribution is 5.81. The van der Waals surface area contributed by atoms with Crippen molar-refractivity contribution >= 4 is 5.97 Å². The van der Waals surface area contributed by atoms with Crippen LogP contribution < -0.4 is 5.32 Å². The fraction of sp³-hybridized carbons (Fsp3) is 0.533. The highest BCUT2D eigenvalue weighted by Gasteiger charge is 2.41. The number of benzene rings is 1. The number of rotatable bonds is 4. The van der Waals surface area contributed by atoms with Crippen molar-refractivity contribution in [2.24, 2.45) is 0 Å². The lowest BCUT2D eigenvalue weighted by Crippen LogP contribution is -2.48. The zero-order chi connectivity index (χ0) is 13.5. The first kappa shape index (κ1) is 13.1. The standard InChI is InChI=1S/C15H21NO2/c1-9-7-10(2)13(11(3)8-9)15(4,14(17)18)16-12-5-6-12/h7-8,12,16H,5-6H2,1-4H3,(H,17,18). The molecule has 2 rings (SSSR count). The van der Waals surface area contributed by atoms with Gasteiger partial charge in [-0.05, 0) is 57.2 Å². The molecule has 0 spiro atoms. The fourth-order valence-corrected chi connectivity index (χ4v) is 2.85. The van der Waals surface area contributed by atoms with Crippen LogP contribution in [-0.2, 0) is 10.3 Å². The Labute approximate surface area is 108 Å². The predicted molar refractivity (Wildman–Crippen MR) is 71.8 cm³/mol. The van der Waals surface area contributed by atoms with Gasteiger partial charge in [-0.15, -0.1) is 0 Å². The van der Waals surface area contributed by atoms with E-state index in [4.69, 9.17) is 0 Å². The van der Waals surface area contributed by atoms with Crippen molar-refractivity contribution in [3.63, 3.8) is 0 Å². The second-order valence-corrected chi connectivity index (χ2v) is 5.62. The van der Waals surface area contributed by atoms with Gasteiger partial charge < -0.3 is 5.11 Å². The molecule has 0 saturated heterocycles. The first-order valence-corrected chi connectivity index (χ1v) is 6.44. The Hall–Kier alpha value is -1.35. The number of aryl methyl sites for hydroxylation is 3. The summed E-state index contributed by atoms with van der Waals surface area (Å²) in [5.41, 5.74) is 3.19. The van der Waals surface area contributed by atoms with Crippen LogP contribution in [0.1, 0.15) is 42.0 Å². The third kappa shape index (κ3) is 2.27. The van der Waals surface area contributed by atoms with Crippen LogP contribution >= 0.6 is 0 Å². The van der Waals surface area contributed by atoms with E-state index in [1.54, 1.807) is 6.92 Å². The molecule has 0 amide bonds. The van der Waals surface area contributed by atoms with E-state index < -0.39 is 11.5 Å². The largest absolute Gasteiger partial charge is 0.480 e. The van der Waals surface area contributed by atoms with Crippen molar-refractivity contribution in [1.82, 2.24) is 5.32 Å². The molecule has 1 aromatic carbocycles. The molecule has 0 bridgehead atoms.